The van der Waals surface area contributed by atoms with Gasteiger partial charge < -0.3 is 14.7 Å². The number of nitrogens with zero attached hydrogens (tertiary/aromatic N) is 2. The van der Waals surface area contributed by atoms with E-state index in [-0.39, 0.29) is 4.88 Å². The maximum Gasteiger partial charge on any atom is 0.347 e. The minimum Gasteiger partial charge on any atom is -0.492 e. The van der Waals surface area contributed by atoms with E-state index in [2.05, 4.69) is 25.8 Å². The van der Waals surface area contributed by atoms with Gasteiger partial charge in [0.25, 0.3) is 0 Å². The van der Waals surface area contributed by atoms with Gasteiger partial charge in [-0.1, -0.05) is 0 Å². The monoisotopic (exact) mass is 398 g/mol. The predicted molar refractivity (Wildman–Crippen MR) is 95.6 cm³/mol. The molecule has 1 N–H and O–H groups in total. The molecule has 1 heterocycles. The second-order valence-electron chi connectivity index (χ2n) is 5.39. The van der Waals surface area contributed by atoms with Crippen molar-refractivity contribution in [3.8, 4) is 16.3 Å². The molecular formula is C16H19BrN2O3S. The van der Waals surface area contributed by atoms with Crippen LogP contribution in [-0.2, 0) is 0 Å². The summed E-state index contributed by atoms with van der Waals surface area (Å²) in [6.45, 7) is 3.34. The van der Waals surface area contributed by atoms with Crippen molar-refractivity contribution >= 4 is 33.2 Å². The van der Waals surface area contributed by atoms with Gasteiger partial charge >= 0.3 is 5.97 Å². The molecule has 0 radical (unpaired) electrons. The molecule has 0 aliphatic carbocycles. The normalized spacial score (nSPS) is 11.0. The van der Waals surface area contributed by atoms with Crippen molar-refractivity contribution in [3.05, 3.63) is 33.2 Å². The van der Waals surface area contributed by atoms with Crippen LogP contribution < -0.4 is 4.74 Å². The Labute approximate surface area is 148 Å². The average molecular weight is 399 g/mol. The molecule has 0 atom stereocenters. The summed E-state index contributed by atoms with van der Waals surface area (Å²) in [5.41, 5.74) is 1.41. The minimum atomic E-state index is -0.939. The number of carboxylic acids is 1. The highest BCUT2D eigenvalue weighted by Gasteiger charge is 2.15. The molecule has 5 nitrogen and oxygen atoms in total. The summed E-state index contributed by atoms with van der Waals surface area (Å²) in [5.74, 6) is -0.162. The van der Waals surface area contributed by atoms with Crippen LogP contribution in [0, 0.1) is 6.92 Å². The number of aromatic nitrogens is 1. The zero-order chi connectivity index (χ0) is 17.0. The van der Waals surface area contributed by atoms with Gasteiger partial charge in [-0.2, -0.15) is 0 Å². The number of benzene rings is 1. The van der Waals surface area contributed by atoms with Crippen LogP contribution in [0.4, 0.5) is 0 Å². The molecule has 0 unspecified atom stereocenters. The van der Waals surface area contributed by atoms with Crippen molar-refractivity contribution in [1.29, 1.82) is 0 Å². The summed E-state index contributed by atoms with van der Waals surface area (Å²) in [5, 5.41) is 9.82. The fourth-order valence-corrected chi connectivity index (χ4v) is 3.43. The van der Waals surface area contributed by atoms with E-state index in [1.54, 1.807) is 6.92 Å². The van der Waals surface area contributed by atoms with Gasteiger partial charge in [-0.25, -0.2) is 9.78 Å². The third-order valence-electron chi connectivity index (χ3n) is 3.18. The molecule has 124 valence electrons. The fraction of sp³-hybridized carbons (Fsp3) is 0.375. The number of halogens is 1. The van der Waals surface area contributed by atoms with Crippen molar-refractivity contribution in [3.63, 3.8) is 0 Å². The van der Waals surface area contributed by atoms with E-state index in [0.717, 1.165) is 28.8 Å². The molecule has 1 aromatic carbocycles. The first-order chi connectivity index (χ1) is 10.9. The number of thiazole rings is 1. The van der Waals surface area contributed by atoms with E-state index in [1.165, 1.54) is 11.3 Å². The molecule has 0 bridgehead atoms. The second kappa shape index (κ2) is 7.90. The Morgan fingerprint density at radius 2 is 2.17 bits per heavy atom. The molecule has 2 rings (SSSR count). The van der Waals surface area contributed by atoms with Crippen LogP contribution >= 0.6 is 27.3 Å². The third-order valence-corrected chi connectivity index (χ3v) is 4.99. The highest BCUT2D eigenvalue weighted by Crippen LogP contribution is 2.33. The summed E-state index contributed by atoms with van der Waals surface area (Å²) in [7, 11) is 4.07. The molecule has 0 spiro atoms. The van der Waals surface area contributed by atoms with Crippen LogP contribution in [-0.4, -0.2) is 48.2 Å². The molecule has 0 aliphatic rings. The first-order valence-electron chi connectivity index (χ1n) is 7.16. The van der Waals surface area contributed by atoms with E-state index in [9.17, 15) is 4.79 Å². The van der Waals surface area contributed by atoms with E-state index in [4.69, 9.17) is 9.84 Å². The summed E-state index contributed by atoms with van der Waals surface area (Å²) in [4.78, 5) is 17.9. The lowest BCUT2D eigenvalue weighted by Gasteiger charge is -2.11. The standard InChI is InChI=1S/C16H19BrN2O3S/c1-10-14(16(20)21)23-15(18-10)11-5-6-13(12(17)9-11)22-8-4-7-19(2)3/h5-6,9H,4,7-8H2,1-3H3,(H,20,21). The number of carbonyl (C=O) groups is 1. The Morgan fingerprint density at radius 3 is 2.74 bits per heavy atom. The van der Waals surface area contributed by atoms with Gasteiger partial charge in [-0.15, -0.1) is 11.3 Å². The van der Waals surface area contributed by atoms with Crippen LogP contribution in [0.3, 0.4) is 0 Å². The molecule has 0 fully saturated rings. The number of aromatic carboxylic acids is 1. The van der Waals surface area contributed by atoms with Gasteiger partial charge in [0.2, 0.25) is 0 Å². The number of aryl methyl sites for hydroxylation is 1. The Hall–Kier alpha value is -1.44. The Kier molecular flexibility index (Phi) is 6.15. The van der Waals surface area contributed by atoms with Crippen molar-refractivity contribution in [1.82, 2.24) is 9.88 Å². The Morgan fingerprint density at radius 1 is 1.43 bits per heavy atom. The molecule has 7 heteroatoms. The van der Waals surface area contributed by atoms with Crippen molar-refractivity contribution in [2.75, 3.05) is 27.2 Å². The lowest BCUT2D eigenvalue weighted by Crippen LogP contribution is -2.15. The maximum atomic E-state index is 11.1. The predicted octanol–water partition coefficient (Wildman–Crippen LogP) is 3.91. The average Bonchev–Trinajstić information content (AvgIpc) is 2.87. The third kappa shape index (κ3) is 4.76. The first-order valence-corrected chi connectivity index (χ1v) is 8.77. The van der Waals surface area contributed by atoms with Crippen molar-refractivity contribution in [2.24, 2.45) is 0 Å². The largest absolute Gasteiger partial charge is 0.492 e. The van der Waals surface area contributed by atoms with Crippen LogP contribution in [0.25, 0.3) is 10.6 Å². The highest BCUT2D eigenvalue weighted by molar-refractivity contribution is 9.10. The van der Waals surface area contributed by atoms with E-state index in [1.807, 2.05) is 32.3 Å². The van der Waals surface area contributed by atoms with Gasteiger partial charge in [-0.05, 0) is 61.6 Å². The Bertz CT molecular complexity index is 701. The van der Waals surface area contributed by atoms with Crippen LogP contribution in [0.5, 0.6) is 5.75 Å². The topological polar surface area (TPSA) is 62.7 Å². The SMILES string of the molecule is Cc1nc(-c2ccc(OCCCN(C)C)c(Br)c2)sc1C(=O)O. The molecule has 0 saturated heterocycles. The highest BCUT2D eigenvalue weighted by atomic mass is 79.9. The lowest BCUT2D eigenvalue weighted by atomic mass is 10.2. The quantitative estimate of drug-likeness (QED) is 0.716. The number of rotatable bonds is 7. The fourth-order valence-electron chi connectivity index (χ4n) is 2.03. The Balaban J connectivity index is 2.10. The molecule has 0 aliphatic heterocycles. The summed E-state index contributed by atoms with van der Waals surface area (Å²) in [6.07, 6.45) is 0.953. The summed E-state index contributed by atoms with van der Waals surface area (Å²) in [6, 6.07) is 5.69. The van der Waals surface area contributed by atoms with Gasteiger partial charge in [0, 0.05) is 12.1 Å². The second-order valence-corrected chi connectivity index (χ2v) is 7.24. The van der Waals surface area contributed by atoms with E-state index >= 15 is 0 Å². The zero-order valence-electron chi connectivity index (χ0n) is 13.3. The van der Waals surface area contributed by atoms with Gasteiger partial charge in [0.15, 0.2) is 0 Å². The molecule has 1 aromatic heterocycles. The summed E-state index contributed by atoms with van der Waals surface area (Å²) >= 11 is 4.69. The summed E-state index contributed by atoms with van der Waals surface area (Å²) < 4.78 is 6.60. The number of ether oxygens (including phenoxy) is 1. The number of carboxylic acid groups (broad SMARTS) is 1. The molecular weight excluding hydrogens is 380 g/mol. The van der Waals surface area contributed by atoms with Crippen molar-refractivity contribution in [2.45, 2.75) is 13.3 Å². The smallest absolute Gasteiger partial charge is 0.347 e. The first kappa shape index (κ1) is 17.9. The molecule has 23 heavy (non-hydrogen) atoms. The maximum absolute atomic E-state index is 11.1. The van der Waals surface area contributed by atoms with Gasteiger partial charge in [-0.3, -0.25) is 0 Å². The molecule has 0 saturated carbocycles. The number of hydrogen-bond donors (Lipinski definition) is 1. The van der Waals surface area contributed by atoms with Crippen LogP contribution in [0.15, 0.2) is 22.7 Å². The minimum absolute atomic E-state index is 0.278. The zero-order valence-corrected chi connectivity index (χ0v) is 15.7. The molecule has 2 aromatic rings. The van der Waals surface area contributed by atoms with Crippen molar-refractivity contribution < 1.29 is 14.6 Å². The van der Waals surface area contributed by atoms with E-state index in [0.29, 0.717) is 17.3 Å². The van der Waals surface area contributed by atoms with Crippen LogP contribution in [0.1, 0.15) is 21.8 Å². The van der Waals surface area contributed by atoms with Gasteiger partial charge in [0.1, 0.15) is 15.6 Å². The van der Waals surface area contributed by atoms with Gasteiger partial charge in [0.05, 0.1) is 16.8 Å². The molecule has 0 amide bonds. The lowest BCUT2D eigenvalue weighted by molar-refractivity contribution is 0.0701. The number of hydrogen-bond acceptors (Lipinski definition) is 5. The van der Waals surface area contributed by atoms with Crippen LogP contribution in [0.2, 0.25) is 0 Å². The van der Waals surface area contributed by atoms with E-state index < -0.39 is 5.97 Å².